The minimum absolute atomic E-state index is 0.904. The molecule has 86 valence electrons. The lowest BCUT2D eigenvalue weighted by Gasteiger charge is -2.01. The molecular formula is C15H19Cl. The van der Waals surface area contributed by atoms with Gasteiger partial charge in [-0.25, -0.2) is 0 Å². The zero-order valence-electron chi connectivity index (χ0n) is 10.0. The van der Waals surface area contributed by atoms with E-state index in [1.165, 1.54) is 11.1 Å². The van der Waals surface area contributed by atoms with Crippen molar-refractivity contribution in [1.29, 1.82) is 0 Å². The van der Waals surface area contributed by atoms with Crippen LogP contribution in [-0.2, 0) is 6.42 Å². The Hall–Kier alpha value is -1.01. The first-order chi connectivity index (χ1) is 7.77. The Balaban J connectivity index is 2.58. The van der Waals surface area contributed by atoms with Crippen molar-refractivity contribution in [3.8, 4) is 0 Å². The van der Waals surface area contributed by atoms with Crippen molar-refractivity contribution in [2.45, 2.75) is 33.1 Å². The summed E-state index contributed by atoms with van der Waals surface area (Å²) >= 11 is 6.21. The van der Waals surface area contributed by atoms with Crippen molar-refractivity contribution in [2.24, 2.45) is 0 Å². The molecule has 0 fully saturated rings. The SMILES string of the molecule is CCC(CC)=C(Cl)/C=C/Cc1ccccc1. The zero-order valence-corrected chi connectivity index (χ0v) is 10.8. The fraction of sp³-hybridized carbons (Fsp3) is 0.333. The molecule has 0 atom stereocenters. The van der Waals surface area contributed by atoms with Crippen LogP contribution in [-0.4, -0.2) is 0 Å². The van der Waals surface area contributed by atoms with Crippen LogP contribution in [0.25, 0.3) is 0 Å². The van der Waals surface area contributed by atoms with Crippen LogP contribution >= 0.6 is 11.6 Å². The van der Waals surface area contributed by atoms with Crippen LogP contribution in [0.3, 0.4) is 0 Å². The maximum atomic E-state index is 6.21. The van der Waals surface area contributed by atoms with Gasteiger partial charge in [0.1, 0.15) is 0 Å². The molecule has 0 aliphatic heterocycles. The van der Waals surface area contributed by atoms with E-state index in [1.54, 1.807) is 0 Å². The summed E-state index contributed by atoms with van der Waals surface area (Å²) in [6.07, 6.45) is 7.16. The highest BCUT2D eigenvalue weighted by Crippen LogP contribution is 2.17. The second-order valence-electron chi connectivity index (χ2n) is 3.75. The molecular weight excluding hydrogens is 216 g/mol. The van der Waals surface area contributed by atoms with Gasteiger partial charge >= 0.3 is 0 Å². The maximum absolute atomic E-state index is 6.21. The van der Waals surface area contributed by atoms with E-state index in [2.05, 4.69) is 44.2 Å². The Morgan fingerprint density at radius 1 is 1.12 bits per heavy atom. The molecule has 0 nitrogen and oxygen atoms in total. The topological polar surface area (TPSA) is 0 Å². The summed E-state index contributed by atoms with van der Waals surface area (Å²) in [5.74, 6) is 0. The van der Waals surface area contributed by atoms with E-state index in [9.17, 15) is 0 Å². The van der Waals surface area contributed by atoms with Crippen molar-refractivity contribution < 1.29 is 0 Å². The molecule has 1 rings (SSSR count). The Kier molecular flexibility index (Phi) is 5.95. The highest BCUT2D eigenvalue weighted by atomic mass is 35.5. The van der Waals surface area contributed by atoms with Gasteiger partial charge in [0.2, 0.25) is 0 Å². The van der Waals surface area contributed by atoms with Gasteiger partial charge in [-0.3, -0.25) is 0 Å². The van der Waals surface area contributed by atoms with E-state index in [0.29, 0.717) is 0 Å². The molecule has 1 heteroatoms. The number of halogens is 1. The smallest absolute Gasteiger partial charge is 0.0394 e. The molecule has 0 aliphatic carbocycles. The fourth-order valence-electron chi connectivity index (χ4n) is 1.62. The van der Waals surface area contributed by atoms with E-state index >= 15 is 0 Å². The third kappa shape index (κ3) is 4.24. The Bertz CT molecular complexity index is 354. The molecule has 0 heterocycles. The molecule has 0 aliphatic rings. The molecule has 0 saturated carbocycles. The van der Waals surface area contributed by atoms with Gasteiger partial charge in [0.05, 0.1) is 0 Å². The lowest BCUT2D eigenvalue weighted by molar-refractivity contribution is 0.972. The molecule has 0 amide bonds. The average Bonchev–Trinajstić information content (AvgIpc) is 2.32. The molecule has 1 aromatic rings. The van der Waals surface area contributed by atoms with E-state index in [4.69, 9.17) is 11.6 Å². The normalized spacial score (nSPS) is 10.7. The van der Waals surface area contributed by atoms with Gasteiger partial charge in [0, 0.05) is 5.03 Å². The van der Waals surface area contributed by atoms with Gasteiger partial charge < -0.3 is 0 Å². The first-order valence-corrected chi connectivity index (χ1v) is 6.23. The minimum Gasteiger partial charge on any atom is -0.0844 e. The summed E-state index contributed by atoms with van der Waals surface area (Å²) in [5, 5.41) is 0.904. The molecule has 0 N–H and O–H groups in total. The highest BCUT2D eigenvalue weighted by molar-refractivity contribution is 6.31. The molecule has 0 aromatic heterocycles. The summed E-state index contributed by atoms with van der Waals surface area (Å²) in [5.41, 5.74) is 2.64. The standard InChI is InChI=1S/C15H19Cl/c1-3-14(4-2)15(16)12-8-11-13-9-6-5-7-10-13/h5-10,12H,3-4,11H2,1-2H3/b12-8+. The highest BCUT2D eigenvalue weighted by Gasteiger charge is 1.96. The monoisotopic (exact) mass is 234 g/mol. The summed E-state index contributed by atoms with van der Waals surface area (Å²) < 4.78 is 0. The fourth-order valence-corrected chi connectivity index (χ4v) is 1.97. The molecule has 0 saturated heterocycles. The van der Waals surface area contributed by atoms with Gasteiger partial charge in [0.15, 0.2) is 0 Å². The van der Waals surface area contributed by atoms with Gasteiger partial charge in [-0.15, -0.1) is 0 Å². The Labute approximate surface area is 104 Å². The Morgan fingerprint density at radius 3 is 2.31 bits per heavy atom. The summed E-state index contributed by atoms with van der Waals surface area (Å²) in [6.45, 7) is 4.29. The van der Waals surface area contributed by atoms with E-state index < -0.39 is 0 Å². The first-order valence-electron chi connectivity index (χ1n) is 5.85. The number of hydrogen-bond donors (Lipinski definition) is 0. The van der Waals surface area contributed by atoms with Crippen molar-refractivity contribution in [1.82, 2.24) is 0 Å². The number of allylic oxidation sites excluding steroid dienone is 4. The van der Waals surface area contributed by atoms with Crippen molar-refractivity contribution >= 4 is 11.6 Å². The summed E-state index contributed by atoms with van der Waals surface area (Å²) in [6, 6.07) is 10.4. The van der Waals surface area contributed by atoms with E-state index in [0.717, 1.165) is 24.3 Å². The molecule has 1 aromatic carbocycles. The van der Waals surface area contributed by atoms with Crippen LogP contribution in [0.2, 0.25) is 0 Å². The van der Waals surface area contributed by atoms with Gasteiger partial charge in [0.25, 0.3) is 0 Å². The third-order valence-electron chi connectivity index (χ3n) is 2.65. The van der Waals surface area contributed by atoms with Gasteiger partial charge in [-0.2, -0.15) is 0 Å². The number of rotatable bonds is 5. The largest absolute Gasteiger partial charge is 0.0844 e. The third-order valence-corrected chi connectivity index (χ3v) is 3.05. The predicted molar refractivity (Wildman–Crippen MR) is 72.7 cm³/mol. The second-order valence-corrected chi connectivity index (χ2v) is 4.16. The van der Waals surface area contributed by atoms with Crippen LogP contribution in [0, 0.1) is 0 Å². The summed E-state index contributed by atoms with van der Waals surface area (Å²) in [7, 11) is 0. The van der Waals surface area contributed by atoms with Crippen LogP contribution < -0.4 is 0 Å². The molecule has 0 unspecified atom stereocenters. The zero-order chi connectivity index (χ0) is 11.8. The number of hydrogen-bond acceptors (Lipinski definition) is 0. The molecule has 16 heavy (non-hydrogen) atoms. The predicted octanol–water partition coefficient (Wildman–Crippen LogP) is 5.10. The van der Waals surface area contributed by atoms with Crippen LogP contribution in [0.4, 0.5) is 0 Å². The van der Waals surface area contributed by atoms with Crippen LogP contribution in [0.5, 0.6) is 0 Å². The van der Waals surface area contributed by atoms with Crippen molar-refractivity contribution in [3.63, 3.8) is 0 Å². The van der Waals surface area contributed by atoms with Gasteiger partial charge in [-0.1, -0.05) is 67.4 Å². The second kappa shape index (κ2) is 7.29. The van der Waals surface area contributed by atoms with Gasteiger partial charge in [-0.05, 0) is 30.9 Å². The molecule has 0 radical (unpaired) electrons. The lowest BCUT2D eigenvalue weighted by atomic mass is 10.1. The lowest BCUT2D eigenvalue weighted by Crippen LogP contribution is -1.82. The Morgan fingerprint density at radius 2 is 1.75 bits per heavy atom. The minimum atomic E-state index is 0.904. The average molecular weight is 235 g/mol. The van der Waals surface area contributed by atoms with Crippen molar-refractivity contribution in [2.75, 3.05) is 0 Å². The molecule has 0 bridgehead atoms. The van der Waals surface area contributed by atoms with Crippen LogP contribution in [0.15, 0.2) is 53.1 Å². The van der Waals surface area contributed by atoms with Crippen molar-refractivity contribution in [3.05, 3.63) is 58.7 Å². The first kappa shape index (κ1) is 13.1. The molecule has 0 spiro atoms. The van der Waals surface area contributed by atoms with E-state index in [1.807, 2.05) is 12.1 Å². The quantitative estimate of drug-likeness (QED) is 0.622. The summed E-state index contributed by atoms with van der Waals surface area (Å²) in [4.78, 5) is 0. The van der Waals surface area contributed by atoms with E-state index in [-0.39, 0.29) is 0 Å². The maximum Gasteiger partial charge on any atom is 0.0394 e. The number of benzene rings is 1. The van der Waals surface area contributed by atoms with Crippen LogP contribution in [0.1, 0.15) is 32.3 Å².